The molecule has 10 nitrogen and oxygen atoms in total. The molecule has 3 aromatic carbocycles. The highest BCUT2D eigenvalue weighted by Gasteiger charge is 2.34. The van der Waals surface area contributed by atoms with Gasteiger partial charge in [-0.05, 0) is 42.3 Å². The molecule has 2 heterocycles. The van der Waals surface area contributed by atoms with E-state index in [1.807, 2.05) is 36.4 Å². The van der Waals surface area contributed by atoms with Crippen molar-refractivity contribution in [1.29, 1.82) is 0 Å². The van der Waals surface area contributed by atoms with Crippen molar-refractivity contribution < 1.29 is 23.7 Å². The molecule has 4 aromatic rings. The highest BCUT2D eigenvalue weighted by molar-refractivity contribution is 6.32. The number of anilines is 2. The van der Waals surface area contributed by atoms with E-state index in [1.54, 1.807) is 36.9 Å². The van der Waals surface area contributed by atoms with Crippen LogP contribution in [0.3, 0.4) is 0 Å². The Morgan fingerprint density at radius 3 is 2.39 bits per heavy atom. The Morgan fingerprint density at radius 2 is 1.68 bits per heavy atom. The summed E-state index contributed by atoms with van der Waals surface area (Å²) in [5.74, 6) is 1.93. The molecule has 1 atom stereocenters. The molecule has 212 valence electrons. The number of methoxy groups -OCH3 is 3. The van der Waals surface area contributed by atoms with E-state index in [4.69, 9.17) is 42.1 Å². The van der Waals surface area contributed by atoms with Gasteiger partial charge in [0.25, 0.3) is 5.91 Å². The number of carbonyl (C=O) groups is 1. The molecule has 2 N–H and O–H groups in total. The molecule has 0 radical (unpaired) electrons. The summed E-state index contributed by atoms with van der Waals surface area (Å²) in [5.41, 5.74) is 3.11. The van der Waals surface area contributed by atoms with Gasteiger partial charge in [0.2, 0.25) is 5.95 Å². The SMILES string of the molecule is COc1cc(NC(=O)C2=C(C)Nc3ncnn3C2c2ccc(OCc3ccc(Cl)cc3)c(OC)c2)c(OC)cc1Cl. The normalized spacial score (nSPS) is 14.1. The molecule has 0 saturated heterocycles. The van der Waals surface area contributed by atoms with E-state index in [0.717, 1.165) is 11.1 Å². The first-order valence-corrected chi connectivity index (χ1v) is 13.2. The standard InChI is InChI=1S/C29H27Cl2N5O5/c1-16-26(28(37)35-21-13-23(38-2)20(31)12-24(21)39-3)27(36-29(34-16)32-15-33-36)18-7-10-22(25(11-18)40-4)41-14-17-5-8-19(30)9-6-17/h5-13,15,27H,14H2,1-4H3,(H,35,37)(H,32,33,34). The summed E-state index contributed by atoms with van der Waals surface area (Å²) >= 11 is 12.3. The minimum atomic E-state index is -0.631. The van der Waals surface area contributed by atoms with Gasteiger partial charge in [0.1, 0.15) is 30.5 Å². The Kier molecular flexibility index (Phi) is 8.23. The number of halogens is 2. The lowest BCUT2D eigenvalue weighted by Gasteiger charge is -2.29. The first kappa shape index (κ1) is 28.1. The van der Waals surface area contributed by atoms with Crippen molar-refractivity contribution in [1.82, 2.24) is 14.8 Å². The number of amides is 1. The minimum absolute atomic E-state index is 0.326. The van der Waals surface area contributed by atoms with Gasteiger partial charge in [-0.1, -0.05) is 41.4 Å². The zero-order valence-electron chi connectivity index (χ0n) is 22.7. The van der Waals surface area contributed by atoms with Crippen LogP contribution in [0.15, 0.2) is 72.2 Å². The zero-order chi connectivity index (χ0) is 29.1. The van der Waals surface area contributed by atoms with Crippen molar-refractivity contribution in [2.24, 2.45) is 0 Å². The average Bonchev–Trinajstić information content (AvgIpc) is 3.44. The van der Waals surface area contributed by atoms with Crippen molar-refractivity contribution in [3.63, 3.8) is 0 Å². The third-order valence-corrected chi connectivity index (χ3v) is 7.12. The van der Waals surface area contributed by atoms with E-state index >= 15 is 0 Å². The van der Waals surface area contributed by atoms with Crippen molar-refractivity contribution in [2.75, 3.05) is 32.0 Å². The molecule has 0 fully saturated rings. The molecular weight excluding hydrogens is 569 g/mol. The van der Waals surface area contributed by atoms with Gasteiger partial charge < -0.3 is 29.6 Å². The van der Waals surface area contributed by atoms with Gasteiger partial charge in [-0.3, -0.25) is 4.79 Å². The third kappa shape index (κ3) is 5.75. The fourth-order valence-corrected chi connectivity index (χ4v) is 4.91. The quantitative estimate of drug-likeness (QED) is 0.238. The summed E-state index contributed by atoms with van der Waals surface area (Å²) in [6.45, 7) is 2.13. The molecule has 1 unspecified atom stereocenters. The molecule has 1 amide bonds. The minimum Gasteiger partial charge on any atom is -0.495 e. The Labute approximate surface area is 246 Å². The summed E-state index contributed by atoms with van der Waals surface area (Å²) in [4.78, 5) is 18.2. The number of hydrogen-bond donors (Lipinski definition) is 2. The van der Waals surface area contributed by atoms with Crippen LogP contribution in [0.4, 0.5) is 11.6 Å². The first-order valence-electron chi connectivity index (χ1n) is 12.5. The fourth-order valence-electron chi connectivity index (χ4n) is 4.56. The molecule has 1 aliphatic rings. The van der Waals surface area contributed by atoms with Crippen LogP contribution in [0.2, 0.25) is 10.0 Å². The second-order valence-corrected chi connectivity index (χ2v) is 9.90. The summed E-state index contributed by atoms with van der Waals surface area (Å²) in [7, 11) is 4.55. The molecule has 41 heavy (non-hydrogen) atoms. The maximum Gasteiger partial charge on any atom is 0.255 e. The van der Waals surface area contributed by atoms with E-state index in [9.17, 15) is 4.79 Å². The molecule has 5 rings (SSSR count). The fraction of sp³-hybridized carbons (Fsp3) is 0.207. The third-order valence-electron chi connectivity index (χ3n) is 6.57. The maximum atomic E-state index is 13.9. The maximum absolute atomic E-state index is 13.9. The average molecular weight is 596 g/mol. The number of benzene rings is 3. The number of rotatable bonds is 9. The summed E-state index contributed by atoms with van der Waals surface area (Å²) < 4.78 is 24.1. The summed E-state index contributed by atoms with van der Waals surface area (Å²) in [6, 6.07) is 15.5. The number of nitrogens with zero attached hydrogens (tertiary/aromatic N) is 3. The lowest BCUT2D eigenvalue weighted by atomic mass is 9.94. The van der Waals surface area contributed by atoms with Gasteiger partial charge in [-0.25, -0.2) is 4.68 Å². The number of nitrogens with one attached hydrogen (secondary N) is 2. The Hall–Kier alpha value is -4.41. The van der Waals surface area contributed by atoms with Crippen LogP contribution in [0.1, 0.15) is 24.1 Å². The number of carbonyl (C=O) groups excluding carboxylic acids is 1. The lowest BCUT2D eigenvalue weighted by molar-refractivity contribution is -0.113. The second-order valence-electron chi connectivity index (χ2n) is 9.06. The van der Waals surface area contributed by atoms with E-state index in [1.165, 1.54) is 20.5 Å². The van der Waals surface area contributed by atoms with Crippen LogP contribution in [-0.4, -0.2) is 42.0 Å². The molecule has 1 aromatic heterocycles. The van der Waals surface area contributed by atoms with Crippen LogP contribution in [0.25, 0.3) is 0 Å². The highest BCUT2D eigenvalue weighted by Crippen LogP contribution is 2.41. The summed E-state index contributed by atoms with van der Waals surface area (Å²) in [5, 5.41) is 11.5. The molecule has 0 saturated carbocycles. The molecule has 0 bridgehead atoms. The largest absolute Gasteiger partial charge is 0.495 e. The van der Waals surface area contributed by atoms with Gasteiger partial charge in [0, 0.05) is 22.9 Å². The van der Waals surface area contributed by atoms with Crippen LogP contribution in [0.5, 0.6) is 23.0 Å². The first-order chi connectivity index (χ1) is 19.8. The molecular formula is C29H27Cl2N5O5. The van der Waals surface area contributed by atoms with Crippen molar-refractivity contribution >= 4 is 40.7 Å². The second kappa shape index (κ2) is 12.0. The molecule has 1 aliphatic heterocycles. The molecule has 12 heteroatoms. The summed E-state index contributed by atoms with van der Waals surface area (Å²) in [6.07, 6.45) is 1.43. The van der Waals surface area contributed by atoms with E-state index in [-0.39, 0.29) is 5.91 Å². The number of allylic oxidation sites excluding steroid dienone is 1. The Balaban J connectivity index is 1.49. The van der Waals surface area contributed by atoms with Crippen molar-refractivity contribution in [3.05, 3.63) is 93.4 Å². The van der Waals surface area contributed by atoms with Crippen LogP contribution in [-0.2, 0) is 11.4 Å². The smallest absolute Gasteiger partial charge is 0.255 e. The van der Waals surface area contributed by atoms with Crippen molar-refractivity contribution in [3.8, 4) is 23.0 Å². The van der Waals surface area contributed by atoms with Gasteiger partial charge in [0.05, 0.1) is 37.6 Å². The van der Waals surface area contributed by atoms with E-state index in [2.05, 4.69) is 20.7 Å². The lowest BCUT2D eigenvalue weighted by Crippen LogP contribution is -2.31. The Bertz CT molecular complexity index is 1620. The number of aromatic nitrogens is 3. The molecule has 0 aliphatic carbocycles. The number of hydrogen-bond acceptors (Lipinski definition) is 8. The van der Waals surface area contributed by atoms with Gasteiger partial charge in [-0.2, -0.15) is 10.1 Å². The van der Waals surface area contributed by atoms with Crippen molar-refractivity contribution in [2.45, 2.75) is 19.6 Å². The number of ether oxygens (including phenoxy) is 4. The van der Waals surface area contributed by atoms with E-state index in [0.29, 0.717) is 62.6 Å². The topological polar surface area (TPSA) is 109 Å². The highest BCUT2D eigenvalue weighted by atomic mass is 35.5. The number of fused-ring (bicyclic) bond motifs is 1. The van der Waals surface area contributed by atoms with Crippen LogP contribution >= 0.6 is 23.2 Å². The van der Waals surface area contributed by atoms with Gasteiger partial charge in [0.15, 0.2) is 11.5 Å². The van der Waals surface area contributed by atoms with Crippen LogP contribution < -0.4 is 29.6 Å². The Morgan fingerprint density at radius 1 is 0.951 bits per heavy atom. The zero-order valence-corrected chi connectivity index (χ0v) is 24.2. The molecule has 0 spiro atoms. The van der Waals surface area contributed by atoms with Gasteiger partial charge in [-0.15, -0.1) is 0 Å². The predicted octanol–water partition coefficient (Wildman–Crippen LogP) is 6.12. The van der Waals surface area contributed by atoms with Crippen LogP contribution in [0, 0.1) is 0 Å². The van der Waals surface area contributed by atoms with E-state index < -0.39 is 6.04 Å². The van der Waals surface area contributed by atoms with Gasteiger partial charge >= 0.3 is 0 Å². The predicted molar refractivity (Wildman–Crippen MR) is 156 cm³/mol. The monoisotopic (exact) mass is 595 g/mol.